The van der Waals surface area contributed by atoms with Gasteiger partial charge in [0.2, 0.25) is 9.05 Å². The van der Waals surface area contributed by atoms with Gasteiger partial charge in [-0.05, 0) is 24.0 Å². The molecular formula is C14H20ClFO3S. The number of hydrogen-bond acceptors (Lipinski definition) is 3. The fraction of sp³-hybridized carbons (Fsp3) is 0.571. The second-order valence-electron chi connectivity index (χ2n) is 5.99. The maximum absolute atomic E-state index is 13.2. The lowest BCUT2D eigenvalue weighted by Gasteiger charge is -2.29. The van der Waals surface area contributed by atoms with Crippen molar-refractivity contribution in [3.63, 3.8) is 0 Å². The summed E-state index contributed by atoms with van der Waals surface area (Å²) in [5.41, 5.74) is 0.510. The van der Waals surface area contributed by atoms with Gasteiger partial charge in [-0.1, -0.05) is 26.8 Å². The van der Waals surface area contributed by atoms with Crippen LogP contribution in [0.25, 0.3) is 0 Å². The Morgan fingerprint density at radius 2 is 1.95 bits per heavy atom. The average Bonchev–Trinajstić information content (AvgIpc) is 2.25. The van der Waals surface area contributed by atoms with Crippen LogP contribution in [-0.2, 0) is 9.05 Å². The molecule has 0 aliphatic heterocycles. The van der Waals surface area contributed by atoms with E-state index in [2.05, 4.69) is 0 Å². The molecule has 0 fully saturated rings. The lowest BCUT2D eigenvalue weighted by Crippen LogP contribution is -2.31. The van der Waals surface area contributed by atoms with E-state index >= 15 is 0 Å². The van der Waals surface area contributed by atoms with E-state index < -0.39 is 9.05 Å². The fourth-order valence-electron chi connectivity index (χ4n) is 1.71. The van der Waals surface area contributed by atoms with Crippen LogP contribution in [0.4, 0.5) is 4.39 Å². The smallest absolute Gasteiger partial charge is 0.233 e. The van der Waals surface area contributed by atoms with E-state index in [-0.39, 0.29) is 29.5 Å². The minimum absolute atomic E-state index is 0.166. The lowest BCUT2D eigenvalue weighted by atomic mass is 9.82. The Hall–Kier alpha value is -0.810. The highest BCUT2D eigenvalue weighted by atomic mass is 35.7. The molecule has 1 aromatic carbocycles. The molecule has 0 saturated heterocycles. The van der Waals surface area contributed by atoms with Crippen LogP contribution in [-0.4, -0.2) is 20.8 Å². The van der Waals surface area contributed by atoms with Crippen LogP contribution in [0.2, 0.25) is 0 Å². The Morgan fingerprint density at radius 1 is 1.35 bits per heavy atom. The van der Waals surface area contributed by atoms with Gasteiger partial charge in [0.25, 0.3) is 0 Å². The third-order valence-corrected chi connectivity index (χ3v) is 4.39. The van der Waals surface area contributed by atoms with Gasteiger partial charge in [0.1, 0.15) is 11.6 Å². The number of ether oxygens (including phenoxy) is 1. The van der Waals surface area contributed by atoms with E-state index in [0.717, 1.165) is 5.56 Å². The molecule has 3 nitrogen and oxygen atoms in total. The molecule has 114 valence electrons. The van der Waals surface area contributed by atoms with Gasteiger partial charge in [-0.25, -0.2) is 12.8 Å². The van der Waals surface area contributed by atoms with Gasteiger partial charge in [-0.2, -0.15) is 0 Å². The van der Waals surface area contributed by atoms with E-state index in [1.54, 1.807) is 13.0 Å². The first kappa shape index (κ1) is 17.2. The number of hydrogen-bond donors (Lipinski definition) is 0. The first-order valence-corrected chi connectivity index (χ1v) is 8.78. The van der Waals surface area contributed by atoms with E-state index in [1.165, 1.54) is 12.1 Å². The van der Waals surface area contributed by atoms with Crippen molar-refractivity contribution in [2.45, 2.75) is 27.7 Å². The highest BCUT2D eigenvalue weighted by Crippen LogP contribution is 2.29. The molecule has 6 heteroatoms. The van der Waals surface area contributed by atoms with Crippen molar-refractivity contribution in [2.24, 2.45) is 11.3 Å². The van der Waals surface area contributed by atoms with Crippen LogP contribution in [0.15, 0.2) is 18.2 Å². The maximum atomic E-state index is 13.2. The van der Waals surface area contributed by atoms with Crippen molar-refractivity contribution in [3.8, 4) is 5.75 Å². The molecule has 0 amide bonds. The zero-order valence-electron chi connectivity index (χ0n) is 12.1. The standard InChI is InChI=1S/C14H20ClFO3S/c1-10-5-6-12(16)7-13(10)19-8-11(14(2,3)4)9-20(15,17)18/h5-7,11H,8-9H2,1-4H3. The lowest BCUT2D eigenvalue weighted by molar-refractivity contribution is 0.162. The third-order valence-electron chi connectivity index (χ3n) is 3.22. The van der Waals surface area contributed by atoms with Crippen molar-refractivity contribution < 1.29 is 17.5 Å². The average molecular weight is 323 g/mol. The molecule has 1 aromatic rings. The number of aryl methyl sites for hydroxylation is 1. The molecule has 1 unspecified atom stereocenters. The van der Waals surface area contributed by atoms with Gasteiger partial charge in [0.15, 0.2) is 0 Å². The molecule has 0 N–H and O–H groups in total. The monoisotopic (exact) mass is 322 g/mol. The Labute approximate surface area is 124 Å². The normalized spacial score (nSPS) is 14.1. The second kappa shape index (κ2) is 6.31. The summed E-state index contributed by atoms with van der Waals surface area (Å²) in [7, 11) is 1.72. The molecule has 0 spiro atoms. The van der Waals surface area contributed by atoms with E-state index in [0.29, 0.717) is 5.75 Å². The predicted molar refractivity (Wildman–Crippen MR) is 79.2 cm³/mol. The second-order valence-corrected chi connectivity index (χ2v) is 8.81. The largest absolute Gasteiger partial charge is 0.493 e. The van der Waals surface area contributed by atoms with E-state index in [1.807, 2.05) is 20.8 Å². The molecule has 0 aromatic heterocycles. The first-order chi connectivity index (χ1) is 8.99. The third kappa shape index (κ3) is 5.67. The quantitative estimate of drug-likeness (QED) is 0.775. The minimum atomic E-state index is -3.61. The van der Waals surface area contributed by atoms with Crippen molar-refractivity contribution in [3.05, 3.63) is 29.6 Å². The summed E-state index contributed by atoms with van der Waals surface area (Å²) < 4.78 is 41.3. The Morgan fingerprint density at radius 3 is 2.45 bits per heavy atom. The SMILES string of the molecule is Cc1ccc(F)cc1OCC(CS(=O)(=O)Cl)C(C)(C)C. The number of benzene rings is 1. The van der Waals surface area contributed by atoms with Crippen molar-refractivity contribution >= 4 is 19.7 Å². The fourth-order valence-corrected chi connectivity index (χ4v) is 3.24. The van der Waals surface area contributed by atoms with E-state index in [9.17, 15) is 12.8 Å². The van der Waals surface area contributed by atoms with E-state index in [4.69, 9.17) is 15.4 Å². The van der Waals surface area contributed by atoms with Gasteiger partial charge >= 0.3 is 0 Å². The molecule has 0 radical (unpaired) electrons. The molecule has 0 heterocycles. The maximum Gasteiger partial charge on any atom is 0.233 e. The highest BCUT2D eigenvalue weighted by Gasteiger charge is 2.29. The van der Waals surface area contributed by atoms with Crippen LogP contribution in [0.5, 0.6) is 5.75 Å². The summed E-state index contributed by atoms with van der Waals surface area (Å²) in [5, 5.41) is 0. The van der Waals surface area contributed by atoms with Crippen molar-refractivity contribution in [2.75, 3.05) is 12.4 Å². The zero-order chi connectivity index (χ0) is 15.6. The van der Waals surface area contributed by atoms with Crippen LogP contribution >= 0.6 is 10.7 Å². The number of halogens is 2. The van der Waals surface area contributed by atoms with Gasteiger partial charge in [0.05, 0.1) is 12.4 Å². The molecular weight excluding hydrogens is 303 g/mol. The molecule has 20 heavy (non-hydrogen) atoms. The summed E-state index contributed by atoms with van der Waals surface area (Å²) in [6.07, 6.45) is 0. The minimum Gasteiger partial charge on any atom is -0.493 e. The summed E-state index contributed by atoms with van der Waals surface area (Å²) >= 11 is 0. The van der Waals surface area contributed by atoms with Crippen LogP contribution < -0.4 is 4.74 Å². The molecule has 0 aliphatic rings. The van der Waals surface area contributed by atoms with Crippen molar-refractivity contribution in [1.82, 2.24) is 0 Å². The molecule has 0 bridgehead atoms. The summed E-state index contributed by atoms with van der Waals surface area (Å²) in [6.45, 7) is 7.73. The zero-order valence-corrected chi connectivity index (χ0v) is 13.7. The topological polar surface area (TPSA) is 43.4 Å². The van der Waals surface area contributed by atoms with Crippen LogP contribution in [0, 0.1) is 24.1 Å². The summed E-state index contributed by atoms with van der Waals surface area (Å²) in [4.78, 5) is 0. The Balaban J connectivity index is 2.84. The summed E-state index contributed by atoms with van der Waals surface area (Å²) in [6, 6.07) is 4.27. The highest BCUT2D eigenvalue weighted by molar-refractivity contribution is 8.13. The van der Waals surface area contributed by atoms with Crippen LogP contribution in [0.1, 0.15) is 26.3 Å². The predicted octanol–water partition coefficient (Wildman–Crippen LogP) is 3.74. The number of rotatable bonds is 5. The first-order valence-electron chi connectivity index (χ1n) is 6.30. The van der Waals surface area contributed by atoms with Gasteiger partial charge in [-0.3, -0.25) is 0 Å². The molecule has 0 saturated carbocycles. The van der Waals surface area contributed by atoms with Gasteiger partial charge in [-0.15, -0.1) is 0 Å². The Kier molecular flexibility index (Phi) is 5.44. The Bertz CT molecular complexity index is 564. The van der Waals surface area contributed by atoms with Crippen molar-refractivity contribution in [1.29, 1.82) is 0 Å². The van der Waals surface area contributed by atoms with Gasteiger partial charge < -0.3 is 4.74 Å². The van der Waals surface area contributed by atoms with Gasteiger partial charge in [0, 0.05) is 22.7 Å². The molecule has 1 rings (SSSR count). The summed E-state index contributed by atoms with van der Waals surface area (Å²) in [5.74, 6) is -0.423. The van der Waals surface area contributed by atoms with Crippen LogP contribution in [0.3, 0.4) is 0 Å². The molecule has 1 atom stereocenters. The molecule has 0 aliphatic carbocycles.